The van der Waals surface area contributed by atoms with Crippen molar-refractivity contribution in [1.29, 1.82) is 0 Å². The Bertz CT molecular complexity index is 1870. The van der Waals surface area contributed by atoms with Gasteiger partial charge >= 0.3 is 0 Å². The van der Waals surface area contributed by atoms with Gasteiger partial charge in [-0.3, -0.25) is 14.4 Å². The lowest BCUT2D eigenvalue weighted by Crippen LogP contribution is -2.41. The maximum absolute atomic E-state index is 13.4. The Morgan fingerprint density at radius 3 is 2.09 bits per heavy atom. The zero-order chi connectivity index (χ0) is 33.0. The standard InChI is InChI=1S/C39H38N4O3S/c1-39(2,3)29-19-15-26(16-20-29)31-13-7-8-14-32(31)35(44)40-30-21-17-27(18-22-30)33-25-47-37(41-33)36(45)42-34(28-11-5-4-6-12-28)38(46)43-23-9-10-24-43/h4-8,11-22,25,34H,9-10,23-24H2,1-3H3,(H,40,44)(H,42,45). The average molecular weight is 643 g/mol. The number of hydrogen-bond acceptors (Lipinski definition) is 5. The second-order valence-electron chi connectivity index (χ2n) is 12.8. The minimum atomic E-state index is -0.773. The highest BCUT2D eigenvalue weighted by atomic mass is 32.1. The smallest absolute Gasteiger partial charge is 0.281 e. The van der Waals surface area contributed by atoms with Crippen LogP contribution in [0.25, 0.3) is 22.4 Å². The number of amides is 3. The third-order valence-corrected chi connectivity index (χ3v) is 9.28. The molecule has 1 aliphatic rings. The van der Waals surface area contributed by atoms with E-state index in [0.717, 1.165) is 35.1 Å². The van der Waals surface area contributed by atoms with Crippen molar-refractivity contribution in [3.05, 3.63) is 130 Å². The molecule has 1 atom stereocenters. The molecule has 2 heterocycles. The van der Waals surface area contributed by atoms with E-state index in [1.807, 2.05) is 89.1 Å². The van der Waals surface area contributed by atoms with Crippen LogP contribution in [0.4, 0.5) is 5.69 Å². The van der Waals surface area contributed by atoms with Gasteiger partial charge in [0.15, 0.2) is 5.01 Å². The molecule has 1 saturated heterocycles. The van der Waals surface area contributed by atoms with Crippen LogP contribution in [0.2, 0.25) is 0 Å². The van der Waals surface area contributed by atoms with Gasteiger partial charge < -0.3 is 15.5 Å². The van der Waals surface area contributed by atoms with Crippen molar-refractivity contribution < 1.29 is 14.4 Å². The fraction of sp³-hybridized carbons (Fsp3) is 0.231. The number of rotatable bonds is 8. The zero-order valence-corrected chi connectivity index (χ0v) is 27.6. The molecule has 0 aliphatic carbocycles. The molecule has 47 heavy (non-hydrogen) atoms. The minimum absolute atomic E-state index is 0.0487. The highest BCUT2D eigenvalue weighted by molar-refractivity contribution is 7.12. The van der Waals surface area contributed by atoms with Crippen LogP contribution in [0.3, 0.4) is 0 Å². The number of likely N-dealkylation sites (tertiary alicyclic amines) is 1. The summed E-state index contributed by atoms with van der Waals surface area (Å²) in [6.07, 6.45) is 1.94. The Morgan fingerprint density at radius 2 is 1.40 bits per heavy atom. The van der Waals surface area contributed by atoms with Gasteiger partial charge in [-0.2, -0.15) is 0 Å². The third kappa shape index (κ3) is 7.34. The second-order valence-corrected chi connectivity index (χ2v) is 13.6. The summed E-state index contributed by atoms with van der Waals surface area (Å²) in [7, 11) is 0. The van der Waals surface area contributed by atoms with E-state index in [1.165, 1.54) is 16.9 Å². The van der Waals surface area contributed by atoms with Gasteiger partial charge in [0.1, 0.15) is 6.04 Å². The number of carbonyl (C=O) groups is 3. The molecule has 0 spiro atoms. The van der Waals surface area contributed by atoms with Crippen LogP contribution in [0, 0.1) is 0 Å². The third-order valence-electron chi connectivity index (χ3n) is 8.44. The van der Waals surface area contributed by atoms with E-state index in [2.05, 4.69) is 60.7 Å². The number of aromatic nitrogens is 1. The predicted octanol–water partition coefficient (Wildman–Crippen LogP) is 8.12. The molecular weight excluding hydrogens is 605 g/mol. The molecule has 5 aromatic rings. The summed E-state index contributed by atoms with van der Waals surface area (Å²) >= 11 is 1.23. The van der Waals surface area contributed by atoms with Gasteiger partial charge in [0.05, 0.1) is 5.69 Å². The van der Waals surface area contributed by atoms with Crippen molar-refractivity contribution in [2.24, 2.45) is 0 Å². The molecule has 3 amide bonds. The van der Waals surface area contributed by atoms with E-state index in [1.54, 1.807) is 0 Å². The number of carbonyl (C=O) groups excluding carboxylic acids is 3. The number of benzene rings is 4. The molecule has 4 aromatic carbocycles. The lowest BCUT2D eigenvalue weighted by atomic mass is 9.86. The SMILES string of the molecule is CC(C)(C)c1ccc(-c2ccccc2C(=O)Nc2ccc(-c3csc(C(=O)NC(C(=O)N4CCCC4)c4ccccc4)n3)cc2)cc1. The Labute approximate surface area is 279 Å². The van der Waals surface area contributed by atoms with Gasteiger partial charge in [-0.25, -0.2) is 4.98 Å². The first-order valence-electron chi connectivity index (χ1n) is 15.9. The van der Waals surface area contributed by atoms with E-state index in [0.29, 0.717) is 30.0 Å². The summed E-state index contributed by atoms with van der Waals surface area (Å²) < 4.78 is 0. The number of thiazole rings is 1. The Kier molecular flexibility index (Phi) is 9.31. The number of nitrogens with one attached hydrogen (secondary N) is 2. The second kappa shape index (κ2) is 13.7. The number of hydrogen-bond donors (Lipinski definition) is 2. The van der Waals surface area contributed by atoms with Gasteiger partial charge in [-0.15, -0.1) is 11.3 Å². The summed E-state index contributed by atoms with van der Waals surface area (Å²) in [5.41, 5.74) is 6.57. The lowest BCUT2D eigenvalue weighted by Gasteiger charge is -2.24. The molecule has 0 saturated carbocycles. The first-order chi connectivity index (χ1) is 22.7. The van der Waals surface area contributed by atoms with Gasteiger partial charge in [0.25, 0.3) is 11.8 Å². The van der Waals surface area contributed by atoms with E-state index < -0.39 is 11.9 Å². The van der Waals surface area contributed by atoms with Crippen molar-refractivity contribution in [3.8, 4) is 22.4 Å². The van der Waals surface area contributed by atoms with Crippen LogP contribution in [-0.4, -0.2) is 40.7 Å². The number of anilines is 1. The van der Waals surface area contributed by atoms with Crippen LogP contribution in [-0.2, 0) is 10.2 Å². The van der Waals surface area contributed by atoms with Crippen molar-refractivity contribution >= 4 is 34.7 Å². The molecule has 1 aliphatic heterocycles. The fourth-order valence-electron chi connectivity index (χ4n) is 5.76. The van der Waals surface area contributed by atoms with Gasteiger partial charge in [0, 0.05) is 35.3 Å². The van der Waals surface area contributed by atoms with Crippen molar-refractivity contribution in [2.45, 2.75) is 45.1 Å². The molecule has 1 aromatic heterocycles. The molecule has 2 N–H and O–H groups in total. The largest absolute Gasteiger partial charge is 0.341 e. The van der Waals surface area contributed by atoms with Gasteiger partial charge in [-0.1, -0.05) is 106 Å². The van der Waals surface area contributed by atoms with Crippen molar-refractivity contribution in [1.82, 2.24) is 15.2 Å². The fourth-order valence-corrected chi connectivity index (χ4v) is 6.49. The van der Waals surface area contributed by atoms with Gasteiger partial charge in [-0.05, 0) is 58.7 Å². The zero-order valence-electron chi connectivity index (χ0n) is 26.8. The van der Waals surface area contributed by atoms with E-state index in [4.69, 9.17) is 0 Å². The van der Waals surface area contributed by atoms with Crippen molar-refractivity contribution in [3.63, 3.8) is 0 Å². The Balaban J connectivity index is 1.13. The minimum Gasteiger partial charge on any atom is -0.341 e. The quantitative estimate of drug-likeness (QED) is 0.179. The summed E-state index contributed by atoms with van der Waals surface area (Å²) in [6, 6.07) is 31.9. The molecule has 1 fully saturated rings. The van der Waals surface area contributed by atoms with Gasteiger partial charge in [0.2, 0.25) is 5.91 Å². The normalized spacial score (nSPS) is 13.6. The summed E-state index contributed by atoms with van der Waals surface area (Å²) in [6.45, 7) is 7.95. The van der Waals surface area contributed by atoms with Crippen LogP contribution in [0.5, 0.6) is 0 Å². The molecule has 0 radical (unpaired) electrons. The lowest BCUT2D eigenvalue weighted by molar-refractivity contribution is -0.132. The highest BCUT2D eigenvalue weighted by Gasteiger charge is 2.30. The summed E-state index contributed by atoms with van der Waals surface area (Å²) in [5.74, 6) is -0.687. The molecule has 6 rings (SSSR count). The first-order valence-corrected chi connectivity index (χ1v) is 16.8. The maximum Gasteiger partial charge on any atom is 0.281 e. The predicted molar refractivity (Wildman–Crippen MR) is 189 cm³/mol. The molecule has 7 nitrogen and oxygen atoms in total. The van der Waals surface area contributed by atoms with Crippen LogP contribution < -0.4 is 10.6 Å². The Hall–Kier alpha value is -5.08. The summed E-state index contributed by atoms with van der Waals surface area (Å²) in [4.78, 5) is 46.4. The molecule has 8 heteroatoms. The average Bonchev–Trinajstić information content (AvgIpc) is 3.81. The Morgan fingerprint density at radius 1 is 0.766 bits per heavy atom. The highest BCUT2D eigenvalue weighted by Crippen LogP contribution is 2.30. The first kappa shape index (κ1) is 31.9. The monoisotopic (exact) mass is 642 g/mol. The van der Waals surface area contributed by atoms with Crippen LogP contribution in [0.1, 0.15) is 70.9 Å². The van der Waals surface area contributed by atoms with E-state index in [9.17, 15) is 14.4 Å². The molecule has 0 bridgehead atoms. The van der Waals surface area contributed by atoms with Crippen LogP contribution in [0.15, 0.2) is 109 Å². The topological polar surface area (TPSA) is 91.4 Å². The van der Waals surface area contributed by atoms with E-state index in [-0.39, 0.29) is 22.2 Å². The van der Waals surface area contributed by atoms with Crippen molar-refractivity contribution in [2.75, 3.05) is 18.4 Å². The summed E-state index contributed by atoms with van der Waals surface area (Å²) in [5, 5.41) is 8.05. The molecule has 238 valence electrons. The molecular formula is C39H38N4O3S. The molecule has 1 unspecified atom stereocenters. The maximum atomic E-state index is 13.4. The number of nitrogens with zero attached hydrogens (tertiary/aromatic N) is 2. The van der Waals surface area contributed by atoms with E-state index >= 15 is 0 Å². The van der Waals surface area contributed by atoms with Crippen LogP contribution >= 0.6 is 11.3 Å².